The maximum Gasteiger partial charge on any atom is 0.234 e. The number of aryl methyl sites for hydroxylation is 2. The summed E-state index contributed by atoms with van der Waals surface area (Å²) in [4.78, 5) is 12.4. The first-order valence-corrected chi connectivity index (χ1v) is 11.7. The third-order valence-corrected chi connectivity index (χ3v) is 5.85. The maximum atomic E-state index is 12.4. The first kappa shape index (κ1) is 22.9. The molecule has 3 rings (SSSR count). The summed E-state index contributed by atoms with van der Waals surface area (Å²) < 4.78 is 7.81. The number of rotatable bonds is 11. The number of hydrogen-bond acceptors (Lipinski definition) is 5. The van der Waals surface area contributed by atoms with Crippen LogP contribution in [-0.2, 0) is 24.4 Å². The molecule has 0 spiro atoms. The predicted molar refractivity (Wildman–Crippen MR) is 126 cm³/mol. The number of nitrogens with one attached hydrogen (secondary N) is 1. The van der Waals surface area contributed by atoms with Gasteiger partial charge in [-0.15, -0.1) is 10.2 Å². The summed E-state index contributed by atoms with van der Waals surface area (Å²) >= 11 is 1.38. The van der Waals surface area contributed by atoms with Crippen LogP contribution in [-0.4, -0.2) is 26.4 Å². The number of amides is 1. The van der Waals surface area contributed by atoms with Crippen molar-refractivity contribution in [3.8, 4) is 5.75 Å². The van der Waals surface area contributed by atoms with Crippen LogP contribution in [0.4, 0.5) is 5.69 Å². The van der Waals surface area contributed by atoms with E-state index in [-0.39, 0.29) is 11.7 Å². The Morgan fingerprint density at radius 2 is 1.81 bits per heavy atom. The van der Waals surface area contributed by atoms with E-state index in [9.17, 15) is 4.79 Å². The third kappa shape index (κ3) is 6.85. The molecule has 3 aromatic rings. The van der Waals surface area contributed by atoms with Crippen molar-refractivity contribution in [2.45, 2.75) is 58.3 Å². The van der Waals surface area contributed by atoms with Crippen LogP contribution < -0.4 is 10.1 Å². The minimum atomic E-state index is -0.0607. The monoisotopic (exact) mass is 438 g/mol. The van der Waals surface area contributed by atoms with Gasteiger partial charge in [0.1, 0.15) is 12.4 Å². The standard InChI is InChI=1S/C24H30N4O2S/c1-4-6-7-19-10-12-20(13-11-19)25-23(29)17-31-24-27-26-22(28(24)5-2)16-30-21-14-8-18(3)9-15-21/h8-15H,4-7,16-17H2,1-3H3,(H,25,29). The minimum absolute atomic E-state index is 0.0607. The summed E-state index contributed by atoms with van der Waals surface area (Å²) in [5, 5.41) is 12.2. The summed E-state index contributed by atoms with van der Waals surface area (Å²) in [5.74, 6) is 1.75. The van der Waals surface area contributed by atoms with Crippen molar-refractivity contribution in [3.05, 3.63) is 65.5 Å². The van der Waals surface area contributed by atoms with Crippen LogP contribution >= 0.6 is 11.8 Å². The van der Waals surface area contributed by atoms with Gasteiger partial charge in [-0.05, 0) is 56.5 Å². The number of unbranched alkanes of at least 4 members (excludes halogenated alkanes) is 1. The van der Waals surface area contributed by atoms with Gasteiger partial charge in [-0.1, -0.05) is 54.9 Å². The summed E-state index contributed by atoms with van der Waals surface area (Å²) in [6, 6.07) is 16.0. The number of carbonyl (C=O) groups excluding carboxylic acids is 1. The molecule has 0 radical (unpaired) electrons. The van der Waals surface area contributed by atoms with Crippen LogP contribution in [0.15, 0.2) is 53.7 Å². The Morgan fingerprint density at radius 1 is 1.06 bits per heavy atom. The van der Waals surface area contributed by atoms with Gasteiger partial charge in [0.25, 0.3) is 0 Å². The largest absolute Gasteiger partial charge is 0.486 e. The van der Waals surface area contributed by atoms with E-state index in [0.29, 0.717) is 13.2 Å². The topological polar surface area (TPSA) is 69.0 Å². The molecule has 1 N–H and O–H groups in total. The minimum Gasteiger partial charge on any atom is -0.486 e. The lowest BCUT2D eigenvalue weighted by molar-refractivity contribution is -0.113. The molecule has 0 saturated carbocycles. The number of thioether (sulfide) groups is 1. The second-order valence-corrected chi connectivity index (χ2v) is 8.32. The number of carbonyl (C=O) groups is 1. The SMILES string of the molecule is CCCCc1ccc(NC(=O)CSc2nnc(COc3ccc(C)cc3)n2CC)cc1. The molecule has 0 aliphatic carbocycles. The van der Waals surface area contributed by atoms with Crippen molar-refractivity contribution in [1.82, 2.24) is 14.8 Å². The molecular weight excluding hydrogens is 408 g/mol. The Morgan fingerprint density at radius 3 is 2.48 bits per heavy atom. The van der Waals surface area contributed by atoms with Gasteiger partial charge in [0.2, 0.25) is 5.91 Å². The molecule has 0 saturated heterocycles. The first-order chi connectivity index (χ1) is 15.1. The number of benzene rings is 2. The summed E-state index contributed by atoms with van der Waals surface area (Å²) in [6.45, 7) is 7.30. The Hall–Kier alpha value is -2.80. The zero-order valence-electron chi connectivity index (χ0n) is 18.4. The van der Waals surface area contributed by atoms with Crippen molar-refractivity contribution in [3.63, 3.8) is 0 Å². The molecular formula is C24H30N4O2S. The van der Waals surface area contributed by atoms with Crippen molar-refractivity contribution in [1.29, 1.82) is 0 Å². The van der Waals surface area contributed by atoms with E-state index in [1.807, 2.05) is 54.8 Å². The highest BCUT2D eigenvalue weighted by molar-refractivity contribution is 7.99. The van der Waals surface area contributed by atoms with Gasteiger partial charge in [-0.2, -0.15) is 0 Å². The lowest BCUT2D eigenvalue weighted by Gasteiger charge is -2.09. The van der Waals surface area contributed by atoms with Gasteiger partial charge in [0.05, 0.1) is 5.75 Å². The van der Waals surface area contributed by atoms with E-state index in [1.165, 1.54) is 35.7 Å². The van der Waals surface area contributed by atoms with Crippen LogP contribution in [0, 0.1) is 6.92 Å². The Labute approximate surface area is 188 Å². The van der Waals surface area contributed by atoms with Crippen molar-refractivity contribution in [2.75, 3.05) is 11.1 Å². The average molecular weight is 439 g/mol. The normalized spacial score (nSPS) is 10.8. The van der Waals surface area contributed by atoms with E-state index in [0.717, 1.165) is 28.8 Å². The molecule has 7 heteroatoms. The fraction of sp³-hybridized carbons (Fsp3) is 0.375. The first-order valence-electron chi connectivity index (χ1n) is 10.7. The molecule has 0 bridgehead atoms. The van der Waals surface area contributed by atoms with Crippen LogP contribution in [0.25, 0.3) is 0 Å². The smallest absolute Gasteiger partial charge is 0.234 e. The quantitative estimate of drug-likeness (QED) is 0.414. The molecule has 31 heavy (non-hydrogen) atoms. The van der Waals surface area contributed by atoms with Gasteiger partial charge in [0, 0.05) is 12.2 Å². The second-order valence-electron chi connectivity index (χ2n) is 7.38. The van der Waals surface area contributed by atoms with E-state index in [1.54, 1.807) is 0 Å². The fourth-order valence-corrected chi connectivity index (χ4v) is 3.92. The van der Waals surface area contributed by atoms with Crippen LogP contribution in [0.1, 0.15) is 43.6 Å². The van der Waals surface area contributed by atoms with Gasteiger partial charge < -0.3 is 14.6 Å². The number of hydrogen-bond donors (Lipinski definition) is 1. The molecule has 2 aromatic carbocycles. The van der Waals surface area contributed by atoms with Gasteiger partial charge >= 0.3 is 0 Å². The number of nitrogens with zero attached hydrogens (tertiary/aromatic N) is 3. The zero-order chi connectivity index (χ0) is 22.1. The average Bonchev–Trinajstić information content (AvgIpc) is 3.18. The Bertz CT molecular complexity index is 968. The zero-order valence-corrected chi connectivity index (χ0v) is 19.2. The lowest BCUT2D eigenvalue weighted by Crippen LogP contribution is -2.15. The molecule has 1 amide bonds. The summed E-state index contributed by atoms with van der Waals surface area (Å²) in [7, 11) is 0. The molecule has 0 unspecified atom stereocenters. The van der Waals surface area contributed by atoms with Crippen molar-refractivity contribution in [2.24, 2.45) is 0 Å². The van der Waals surface area contributed by atoms with E-state index in [4.69, 9.17) is 4.74 Å². The Kier molecular flexibility index (Phi) is 8.53. The van der Waals surface area contributed by atoms with E-state index < -0.39 is 0 Å². The number of aromatic nitrogens is 3. The van der Waals surface area contributed by atoms with Gasteiger partial charge in [-0.3, -0.25) is 4.79 Å². The number of ether oxygens (including phenoxy) is 1. The molecule has 1 heterocycles. The highest BCUT2D eigenvalue weighted by atomic mass is 32.2. The highest BCUT2D eigenvalue weighted by Crippen LogP contribution is 2.20. The van der Waals surface area contributed by atoms with E-state index >= 15 is 0 Å². The molecule has 0 atom stereocenters. The summed E-state index contributed by atoms with van der Waals surface area (Å²) in [6.07, 6.45) is 3.43. The van der Waals surface area contributed by atoms with Crippen LogP contribution in [0.2, 0.25) is 0 Å². The maximum absolute atomic E-state index is 12.4. The molecule has 1 aromatic heterocycles. The van der Waals surface area contributed by atoms with Gasteiger partial charge in [-0.25, -0.2) is 0 Å². The summed E-state index contributed by atoms with van der Waals surface area (Å²) in [5.41, 5.74) is 3.30. The van der Waals surface area contributed by atoms with Crippen molar-refractivity contribution >= 4 is 23.4 Å². The van der Waals surface area contributed by atoms with Crippen LogP contribution in [0.3, 0.4) is 0 Å². The highest BCUT2D eigenvalue weighted by Gasteiger charge is 2.14. The lowest BCUT2D eigenvalue weighted by atomic mass is 10.1. The number of anilines is 1. The Balaban J connectivity index is 1.51. The molecule has 0 fully saturated rings. The molecule has 0 aliphatic rings. The predicted octanol–water partition coefficient (Wildman–Crippen LogP) is 5.26. The van der Waals surface area contributed by atoms with E-state index in [2.05, 4.69) is 34.6 Å². The molecule has 6 nitrogen and oxygen atoms in total. The molecule has 164 valence electrons. The third-order valence-electron chi connectivity index (χ3n) is 4.89. The molecule has 0 aliphatic heterocycles. The van der Waals surface area contributed by atoms with Crippen LogP contribution in [0.5, 0.6) is 5.75 Å². The second kappa shape index (κ2) is 11.6. The fourth-order valence-electron chi connectivity index (χ4n) is 3.10. The van der Waals surface area contributed by atoms with Crippen molar-refractivity contribution < 1.29 is 9.53 Å². The van der Waals surface area contributed by atoms with Gasteiger partial charge in [0.15, 0.2) is 11.0 Å².